The number of pyridine rings is 1. The first-order chi connectivity index (χ1) is 11.9. The van der Waals surface area contributed by atoms with E-state index in [9.17, 15) is 9.59 Å². The van der Waals surface area contributed by atoms with Gasteiger partial charge in [-0.2, -0.15) is 0 Å². The normalized spacial score (nSPS) is 10.4. The molecule has 0 spiro atoms. The SMILES string of the molecule is CC(C)Oc1cccc(C(=O)NCc2cccc(OCC(=O)O)c2)n1. The molecule has 0 aliphatic carbocycles. The highest BCUT2D eigenvalue weighted by Crippen LogP contribution is 2.14. The summed E-state index contributed by atoms with van der Waals surface area (Å²) in [5.41, 5.74) is 1.04. The molecule has 1 aromatic heterocycles. The standard InChI is InChI=1S/C18H20N2O5/c1-12(2)25-16-8-4-7-15(20-16)18(23)19-10-13-5-3-6-14(9-13)24-11-17(21)22/h3-9,12H,10-11H2,1-2H3,(H,19,23)(H,21,22). The van der Waals surface area contributed by atoms with Crippen LogP contribution in [0.3, 0.4) is 0 Å². The number of benzene rings is 1. The summed E-state index contributed by atoms with van der Waals surface area (Å²) < 4.78 is 10.6. The number of hydrogen-bond acceptors (Lipinski definition) is 5. The molecule has 1 heterocycles. The first kappa shape index (κ1) is 18.3. The van der Waals surface area contributed by atoms with Crippen molar-refractivity contribution < 1.29 is 24.2 Å². The summed E-state index contributed by atoms with van der Waals surface area (Å²) in [7, 11) is 0. The van der Waals surface area contributed by atoms with Gasteiger partial charge in [-0.05, 0) is 37.6 Å². The lowest BCUT2D eigenvalue weighted by Crippen LogP contribution is -2.24. The fraction of sp³-hybridized carbons (Fsp3) is 0.278. The Morgan fingerprint density at radius 3 is 2.68 bits per heavy atom. The van der Waals surface area contributed by atoms with Crippen molar-refractivity contribution in [3.8, 4) is 11.6 Å². The maximum absolute atomic E-state index is 12.2. The van der Waals surface area contributed by atoms with Gasteiger partial charge in [0, 0.05) is 12.6 Å². The van der Waals surface area contributed by atoms with Gasteiger partial charge in [0.25, 0.3) is 5.91 Å². The summed E-state index contributed by atoms with van der Waals surface area (Å²) in [5, 5.41) is 11.4. The van der Waals surface area contributed by atoms with Crippen LogP contribution in [0.25, 0.3) is 0 Å². The van der Waals surface area contributed by atoms with Gasteiger partial charge >= 0.3 is 5.97 Å². The van der Waals surface area contributed by atoms with Crippen LogP contribution in [0.5, 0.6) is 11.6 Å². The van der Waals surface area contributed by atoms with Gasteiger partial charge in [-0.15, -0.1) is 0 Å². The van der Waals surface area contributed by atoms with Crippen LogP contribution in [0.15, 0.2) is 42.5 Å². The smallest absolute Gasteiger partial charge is 0.341 e. The highest BCUT2D eigenvalue weighted by Gasteiger charge is 2.09. The monoisotopic (exact) mass is 344 g/mol. The summed E-state index contributed by atoms with van der Waals surface area (Å²) in [5.74, 6) is -0.550. The molecule has 0 aliphatic heterocycles. The average Bonchev–Trinajstić information content (AvgIpc) is 2.58. The maximum atomic E-state index is 12.2. The maximum Gasteiger partial charge on any atom is 0.341 e. The van der Waals surface area contributed by atoms with E-state index < -0.39 is 12.6 Å². The molecule has 132 valence electrons. The molecule has 0 saturated carbocycles. The van der Waals surface area contributed by atoms with Gasteiger partial charge in [0.1, 0.15) is 11.4 Å². The number of amides is 1. The van der Waals surface area contributed by atoms with E-state index in [0.29, 0.717) is 11.6 Å². The Morgan fingerprint density at radius 1 is 1.20 bits per heavy atom. The number of nitrogens with zero attached hydrogens (tertiary/aromatic N) is 1. The molecule has 1 amide bonds. The van der Waals surface area contributed by atoms with Crippen LogP contribution in [0.2, 0.25) is 0 Å². The first-order valence-electron chi connectivity index (χ1n) is 7.79. The molecule has 0 unspecified atom stereocenters. The van der Waals surface area contributed by atoms with Crippen molar-refractivity contribution >= 4 is 11.9 Å². The van der Waals surface area contributed by atoms with Crippen molar-refractivity contribution in [2.45, 2.75) is 26.5 Å². The number of nitrogens with one attached hydrogen (secondary N) is 1. The number of carboxylic acids is 1. The van der Waals surface area contributed by atoms with Crippen molar-refractivity contribution in [1.29, 1.82) is 0 Å². The summed E-state index contributed by atoms with van der Waals surface area (Å²) >= 11 is 0. The molecule has 7 heteroatoms. The molecule has 25 heavy (non-hydrogen) atoms. The molecule has 2 aromatic rings. The molecule has 0 bridgehead atoms. The van der Waals surface area contributed by atoms with Gasteiger partial charge < -0.3 is 19.9 Å². The van der Waals surface area contributed by atoms with E-state index in [2.05, 4.69) is 10.3 Å². The van der Waals surface area contributed by atoms with Crippen molar-refractivity contribution in [2.75, 3.05) is 6.61 Å². The Bertz CT molecular complexity index is 746. The molecule has 0 aliphatic rings. The van der Waals surface area contributed by atoms with Crippen LogP contribution in [0, 0.1) is 0 Å². The number of ether oxygens (including phenoxy) is 2. The Hall–Kier alpha value is -3.09. The number of carbonyl (C=O) groups excluding carboxylic acids is 1. The third kappa shape index (κ3) is 6.14. The number of hydrogen-bond donors (Lipinski definition) is 2. The Kier molecular flexibility index (Phi) is 6.33. The number of rotatable bonds is 8. The third-order valence-corrected chi connectivity index (χ3v) is 3.03. The van der Waals surface area contributed by atoms with Crippen LogP contribution in [0.1, 0.15) is 29.9 Å². The summed E-state index contributed by atoms with van der Waals surface area (Å²) in [4.78, 5) is 26.9. The van der Waals surface area contributed by atoms with Crippen molar-refractivity contribution in [3.63, 3.8) is 0 Å². The van der Waals surface area contributed by atoms with E-state index in [-0.39, 0.29) is 24.2 Å². The second kappa shape index (κ2) is 8.68. The van der Waals surface area contributed by atoms with Crippen molar-refractivity contribution in [1.82, 2.24) is 10.3 Å². The summed E-state index contributed by atoms with van der Waals surface area (Å²) in [6, 6.07) is 11.9. The number of aliphatic carboxylic acids is 1. The van der Waals surface area contributed by atoms with E-state index in [1.165, 1.54) is 0 Å². The number of carbonyl (C=O) groups is 2. The average molecular weight is 344 g/mol. The van der Waals surface area contributed by atoms with Crippen molar-refractivity contribution in [3.05, 3.63) is 53.7 Å². The van der Waals surface area contributed by atoms with E-state index >= 15 is 0 Å². The minimum atomic E-state index is -1.05. The van der Waals surface area contributed by atoms with Crippen LogP contribution in [-0.2, 0) is 11.3 Å². The fourth-order valence-corrected chi connectivity index (χ4v) is 2.01. The lowest BCUT2D eigenvalue weighted by atomic mass is 10.2. The molecule has 2 rings (SSSR count). The van der Waals surface area contributed by atoms with Gasteiger partial charge in [0.2, 0.25) is 5.88 Å². The Balaban J connectivity index is 1.95. The largest absolute Gasteiger partial charge is 0.482 e. The molecular weight excluding hydrogens is 324 g/mol. The third-order valence-electron chi connectivity index (χ3n) is 3.03. The van der Waals surface area contributed by atoms with Gasteiger partial charge in [0.15, 0.2) is 6.61 Å². The van der Waals surface area contributed by atoms with Gasteiger partial charge in [-0.3, -0.25) is 4.79 Å². The lowest BCUT2D eigenvalue weighted by Gasteiger charge is -2.10. The van der Waals surface area contributed by atoms with Gasteiger partial charge in [0.05, 0.1) is 6.10 Å². The van der Waals surface area contributed by atoms with Crippen LogP contribution in [-0.4, -0.2) is 34.7 Å². The van der Waals surface area contributed by atoms with Gasteiger partial charge in [-0.1, -0.05) is 18.2 Å². The zero-order valence-corrected chi connectivity index (χ0v) is 14.1. The molecule has 2 N–H and O–H groups in total. The minimum Gasteiger partial charge on any atom is -0.482 e. The summed E-state index contributed by atoms with van der Waals surface area (Å²) in [6.07, 6.45) is -0.0284. The zero-order valence-electron chi connectivity index (χ0n) is 14.1. The Morgan fingerprint density at radius 2 is 1.96 bits per heavy atom. The Labute approximate surface area is 145 Å². The van der Waals surface area contributed by atoms with Crippen LogP contribution < -0.4 is 14.8 Å². The molecule has 1 aromatic carbocycles. The second-order valence-electron chi connectivity index (χ2n) is 5.54. The molecule has 0 atom stereocenters. The molecule has 7 nitrogen and oxygen atoms in total. The zero-order chi connectivity index (χ0) is 18.2. The van der Waals surface area contributed by atoms with E-state index in [0.717, 1.165) is 5.56 Å². The fourth-order valence-electron chi connectivity index (χ4n) is 2.01. The minimum absolute atomic E-state index is 0.0284. The quantitative estimate of drug-likeness (QED) is 0.762. The van der Waals surface area contributed by atoms with Gasteiger partial charge in [-0.25, -0.2) is 9.78 Å². The number of carboxylic acid groups (broad SMARTS) is 1. The van der Waals surface area contributed by atoms with E-state index in [1.807, 2.05) is 13.8 Å². The number of aromatic nitrogens is 1. The predicted molar refractivity (Wildman–Crippen MR) is 90.7 cm³/mol. The van der Waals surface area contributed by atoms with Crippen molar-refractivity contribution in [2.24, 2.45) is 0 Å². The predicted octanol–water partition coefficient (Wildman–Crippen LogP) is 2.26. The molecule has 0 fully saturated rings. The van der Waals surface area contributed by atoms with Crippen LogP contribution in [0.4, 0.5) is 0 Å². The molecule has 0 radical (unpaired) electrons. The lowest BCUT2D eigenvalue weighted by molar-refractivity contribution is -0.139. The van der Waals surface area contributed by atoms with Crippen LogP contribution >= 0.6 is 0 Å². The second-order valence-corrected chi connectivity index (χ2v) is 5.54. The highest BCUT2D eigenvalue weighted by atomic mass is 16.5. The first-order valence-corrected chi connectivity index (χ1v) is 7.79. The summed E-state index contributed by atoms with van der Waals surface area (Å²) in [6.45, 7) is 3.62. The molecular formula is C18H20N2O5. The topological polar surface area (TPSA) is 97.8 Å². The van der Waals surface area contributed by atoms with E-state index in [4.69, 9.17) is 14.6 Å². The molecule has 0 saturated heterocycles. The van der Waals surface area contributed by atoms with E-state index in [1.54, 1.807) is 42.5 Å². The highest BCUT2D eigenvalue weighted by molar-refractivity contribution is 5.92.